The zero-order valence-corrected chi connectivity index (χ0v) is 9.76. The van der Waals surface area contributed by atoms with Crippen LogP contribution in [0.15, 0.2) is 11.4 Å². The maximum Gasteiger partial charge on any atom is 0.261 e. The first-order valence-electron chi connectivity index (χ1n) is 5.39. The van der Waals surface area contributed by atoms with Crippen molar-refractivity contribution in [3.63, 3.8) is 0 Å². The summed E-state index contributed by atoms with van der Waals surface area (Å²) in [4.78, 5) is 12.2. The molecule has 88 valence electrons. The number of nitrogens with one attached hydrogen (secondary N) is 1. The number of rotatable bonds is 3. The molecule has 1 aliphatic heterocycles. The predicted octanol–water partition coefficient (Wildman–Crippen LogP) is 1.61. The van der Waals surface area contributed by atoms with Crippen LogP contribution in [-0.2, 0) is 4.74 Å². The highest BCUT2D eigenvalue weighted by Crippen LogP contribution is 2.20. The molecule has 1 aliphatic rings. The van der Waals surface area contributed by atoms with E-state index in [2.05, 4.69) is 5.32 Å². The molecule has 5 heteroatoms. The van der Waals surface area contributed by atoms with Gasteiger partial charge < -0.3 is 15.2 Å². The first-order valence-corrected chi connectivity index (χ1v) is 6.27. The van der Waals surface area contributed by atoms with E-state index < -0.39 is 0 Å². The van der Waals surface area contributed by atoms with Crippen molar-refractivity contribution >= 4 is 17.2 Å². The Bertz CT molecular complexity index is 358. The molecule has 2 heterocycles. The fourth-order valence-electron chi connectivity index (χ4n) is 1.74. The van der Waals surface area contributed by atoms with Gasteiger partial charge in [0.25, 0.3) is 5.91 Å². The van der Waals surface area contributed by atoms with E-state index in [1.54, 1.807) is 5.38 Å². The topological polar surface area (TPSA) is 58.6 Å². The Labute approximate surface area is 98.2 Å². The van der Waals surface area contributed by atoms with Crippen LogP contribution in [-0.4, -0.2) is 30.8 Å². The summed E-state index contributed by atoms with van der Waals surface area (Å²) in [6.07, 6.45) is 2.18. The summed E-state index contributed by atoms with van der Waals surface area (Å²) in [5, 5.41) is 13.5. The molecule has 4 nitrogen and oxygen atoms in total. The number of thiophene rings is 1. The van der Waals surface area contributed by atoms with Crippen LogP contribution in [0.3, 0.4) is 0 Å². The van der Waals surface area contributed by atoms with Crippen molar-refractivity contribution in [1.82, 2.24) is 5.32 Å². The summed E-state index contributed by atoms with van der Waals surface area (Å²) in [6.45, 7) is 2.22. The average Bonchev–Trinajstić information content (AvgIpc) is 2.74. The number of hydrogen-bond acceptors (Lipinski definition) is 4. The SMILES string of the molecule is O=C(NCC1CCCOC1)c1cc(O)cs1. The van der Waals surface area contributed by atoms with Crippen LogP contribution >= 0.6 is 11.3 Å². The number of amides is 1. The van der Waals surface area contributed by atoms with Crippen LogP contribution in [0.25, 0.3) is 0 Å². The van der Waals surface area contributed by atoms with E-state index >= 15 is 0 Å². The van der Waals surface area contributed by atoms with Gasteiger partial charge in [-0.3, -0.25) is 4.79 Å². The summed E-state index contributed by atoms with van der Waals surface area (Å²) < 4.78 is 5.34. The number of carbonyl (C=O) groups is 1. The molecule has 1 aromatic rings. The lowest BCUT2D eigenvalue weighted by Crippen LogP contribution is -2.32. The van der Waals surface area contributed by atoms with Gasteiger partial charge in [-0.15, -0.1) is 11.3 Å². The first kappa shape index (κ1) is 11.4. The third-order valence-electron chi connectivity index (χ3n) is 2.62. The van der Waals surface area contributed by atoms with Gasteiger partial charge in [-0.05, 0) is 18.8 Å². The van der Waals surface area contributed by atoms with E-state index in [1.807, 2.05) is 0 Å². The summed E-state index contributed by atoms with van der Waals surface area (Å²) in [5.74, 6) is 0.457. The van der Waals surface area contributed by atoms with Gasteiger partial charge in [-0.2, -0.15) is 0 Å². The molecule has 0 aliphatic carbocycles. The maximum absolute atomic E-state index is 11.6. The lowest BCUT2D eigenvalue weighted by molar-refractivity contribution is 0.0536. The maximum atomic E-state index is 11.6. The Balaban J connectivity index is 1.79. The molecular formula is C11H15NO3S. The Hall–Kier alpha value is -1.07. The van der Waals surface area contributed by atoms with Crippen molar-refractivity contribution in [2.24, 2.45) is 5.92 Å². The molecule has 0 saturated carbocycles. The fourth-order valence-corrected chi connectivity index (χ4v) is 2.42. The summed E-state index contributed by atoms with van der Waals surface area (Å²) in [6, 6.07) is 1.48. The minimum Gasteiger partial charge on any atom is -0.507 e. The quantitative estimate of drug-likeness (QED) is 0.845. The lowest BCUT2D eigenvalue weighted by atomic mass is 10.0. The molecule has 1 aromatic heterocycles. The lowest BCUT2D eigenvalue weighted by Gasteiger charge is -2.21. The summed E-state index contributed by atoms with van der Waals surface area (Å²) in [5.41, 5.74) is 0. The normalized spacial score (nSPS) is 20.6. The van der Waals surface area contributed by atoms with Gasteiger partial charge >= 0.3 is 0 Å². The average molecular weight is 241 g/mol. The minimum absolute atomic E-state index is 0.115. The second-order valence-corrected chi connectivity index (χ2v) is 4.87. The van der Waals surface area contributed by atoms with Gasteiger partial charge in [-0.25, -0.2) is 0 Å². The van der Waals surface area contributed by atoms with E-state index in [4.69, 9.17) is 9.84 Å². The number of ether oxygens (including phenoxy) is 1. The highest BCUT2D eigenvalue weighted by molar-refractivity contribution is 7.12. The second kappa shape index (κ2) is 5.32. The van der Waals surface area contributed by atoms with E-state index in [9.17, 15) is 4.79 Å². The van der Waals surface area contributed by atoms with Crippen LogP contribution in [0.4, 0.5) is 0 Å². The van der Waals surface area contributed by atoms with Gasteiger partial charge in [0.1, 0.15) is 5.75 Å². The predicted molar refractivity (Wildman–Crippen MR) is 61.9 cm³/mol. The molecule has 1 fully saturated rings. The second-order valence-electron chi connectivity index (χ2n) is 3.96. The molecule has 1 saturated heterocycles. The molecule has 16 heavy (non-hydrogen) atoms. The Morgan fingerprint density at radius 1 is 1.69 bits per heavy atom. The zero-order valence-electron chi connectivity index (χ0n) is 8.94. The minimum atomic E-state index is -0.115. The van der Waals surface area contributed by atoms with Crippen molar-refractivity contribution in [2.75, 3.05) is 19.8 Å². The van der Waals surface area contributed by atoms with Gasteiger partial charge in [0.05, 0.1) is 11.5 Å². The molecule has 0 bridgehead atoms. The van der Waals surface area contributed by atoms with E-state index in [1.165, 1.54) is 17.4 Å². The van der Waals surface area contributed by atoms with Gasteiger partial charge in [-0.1, -0.05) is 0 Å². The standard InChI is InChI=1S/C11H15NO3S/c13-9-4-10(16-7-9)11(14)12-5-8-2-1-3-15-6-8/h4,7-8,13H,1-3,5-6H2,(H,12,14). The van der Waals surface area contributed by atoms with Gasteiger partial charge in [0, 0.05) is 24.6 Å². The highest BCUT2D eigenvalue weighted by atomic mass is 32.1. The van der Waals surface area contributed by atoms with Crippen molar-refractivity contribution in [3.8, 4) is 5.75 Å². The molecule has 0 spiro atoms. The molecule has 0 aromatic carbocycles. The van der Waals surface area contributed by atoms with Crippen LogP contribution < -0.4 is 5.32 Å². The summed E-state index contributed by atoms with van der Waals surface area (Å²) >= 11 is 1.25. The van der Waals surface area contributed by atoms with Crippen molar-refractivity contribution in [2.45, 2.75) is 12.8 Å². The van der Waals surface area contributed by atoms with Gasteiger partial charge in [0.2, 0.25) is 0 Å². The molecule has 1 unspecified atom stereocenters. The molecule has 1 amide bonds. The van der Waals surface area contributed by atoms with Gasteiger partial charge in [0.15, 0.2) is 0 Å². The molecular weight excluding hydrogens is 226 g/mol. The Morgan fingerprint density at radius 2 is 2.56 bits per heavy atom. The molecule has 0 radical (unpaired) electrons. The highest BCUT2D eigenvalue weighted by Gasteiger charge is 2.16. The number of aromatic hydroxyl groups is 1. The number of hydrogen-bond donors (Lipinski definition) is 2. The zero-order chi connectivity index (χ0) is 11.4. The van der Waals surface area contributed by atoms with E-state index in [-0.39, 0.29) is 11.7 Å². The largest absolute Gasteiger partial charge is 0.507 e. The number of carbonyl (C=O) groups excluding carboxylic acids is 1. The van der Waals surface area contributed by atoms with Crippen LogP contribution in [0, 0.1) is 5.92 Å². The fraction of sp³-hybridized carbons (Fsp3) is 0.545. The van der Waals surface area contributed by atoms with E-state index in [0.29, 0.717) is 17.3 Å². The molecule has 2 N–H and O–H groups in total. The van der Waals surface area contributed by atoms with Crippen LogP contribution in [0.2, 0.25) is 0 Å². The van der Waals surface area contributed by atoms with Crippen LogP contribution in [0.5, 0.6) is 5.75 Å². The third-order valence-corrected chi connectivity index (χ3v) is 3.53. The van der Waals surface area contributed by atoms with Crippen molar-refractivity contribution < 1.29 is 14.6 Å². The summed E-state index contributed by atoms with van der Waals surface area (Å²) in [7, 11) is 0. The molecule has 2 rings (SSSR count). The monoisotopic (exact) mass is 241 g/mol. The van der Waals surface area contributed by atoms with E-state index in [0.717, 1.165) is 26.1 Å². The Kier molecular flexibility index (Phi) is 3.79. The third kappa shape index (κ3) is 2.96. The van der Waals surface area contributed by atoms with Crippen LogP contribution in [0.1, 0.15) is 22.5 Å². The molecule has 1 atom stereocenters. The first-order chi connectivity index (χ1) is 7.75. The van der Waals surface area contributed by atoms with Crippen molar-refractivity contribution in [3.05, 3.63) is 16.3 Å². The Morgan fingerprint density at radius 3 is 3.19 bits per heavy atom. The smallest absolute Gasteiger partial charge is 0.261 e. The van der Waals surface area contributed by atoms with Crippen molar-refractivity contribution in [1.29, 1.82) is 0 Å².